The highest BCUT2D eigenvalue weighted by Crippen LogP contribution is 2.26. The minimum absolute atomic E-state index is 0.338. The average Bonchev–Trinajstić information content (AvgIpc) is 3.01. The summed E-state index contributed by atoms with van der Waals surface area (Å²) in [5.74, 6) is 2.05. The lowest BCUT2D eigenvalue weighted by atomic mass is 9.84. The van der Waals surface area contributed by atoms with Gasteiger partial charge in [-0.05, 0) is 44.2 Å². The van der Waals surface area contributed by atoms with Crippen molar-refractivity contribution in [3.05, 3.63) is 0 Å². The van der Waals surface area contributed by atoms with Crippen LogP contribution in [-0.2, 0) is 14.3 Å². The van der Waals surface area contributed by atoms with Gasteiger partial charge in [0.25, 0.3) is 0 Å². The van der Waals surface area contributed by atoms with Crippen LogP contribution in [0.5, 0.6) is 0 Å². The first-order valence-corrected chi connectivity index (χ1v) is 8.76. The van der Waals surface area contributed by atoms with E-state index in [1.54, 1.807) is 7.11 Å². The summed E-state index contributed by atoms with van der Waals surface area (Å²) in [4.78, 5) is 14.5. The average molecular weight is 312 g/mol. The van der Waals surface area contributed by atoms with E-state index in [0.29, 0.717) is 43.3 Å². The van der Waals surface area contributed by atoms with Gasteiger partial charge in [-0.25, -0.2) is 0 Å². The molecule has 2 unspecified atom stereocenters. The van der Waals surface area contributed by atoms with Gasteiger partial charge in [-0.2, -0.15) is 0 Å². The third-order valence-electron chi connectivity index (χ3n) is 5.11. The summed E-state index contributed by atoms with van der Waals surface area (Å²) in [5, 5.41) is 3.39. The lowest BCUT2D eigenvalue weighted by molar-refractivity contribution is -0.131. The highest BCUT2D eigenvalue weighted by atomic mass is 16.5. The molecule has 0 aliphatic carbocycles. The Morgan fingerprint density at radius 2 is 2.05 bits per heavy atom. The van der Waals surface area contributed by atoms with E-state index >= 15 is 0 Å². The van der Waals surface area contributed by atoms with Gasteiger partial charge in [-0.15, -0.1) is 0 Å². The SMILES string of the molecule is COCCOCC1CCN(C(=O)CC(C)C2CCNCC2)C1. The van der Waals surface area contributed by atoms with Crippen molar-refractivity contribution < 1.29 is 14.3 Å². The molecule has 1 amide bonds. The van der Waals surface area contributed by atoms with Gasteiger partial charge in [-0.3, -0.25) is 4.79 Å². The molecule has 5 heteroatoms. The first-order valence-electron chi connectivity index (χ1n) is 8.76. The second kappa shape index (κ2) is 9.48. The van der Waals surface area contributed by atoms with E-state index in [1.165, 1.54) is 12.8 Å². The number of hydrogen-bond donors (Lipinski definition) is 1. The van der Waals surface area contributed by atoms with E-state index in [-0.39, 0.29) is 0 Å². The molecule has 0 aromatic carbocycles. The van der Waals surface area contributed by atoms with Gasteiger partial charge in [0.05, 0.1) is 19.8 Å². The third-order valence-corrected chi connectivity index (χ3v) is 5.11. The predicted molar refractivity (Wildman–Crippen MR) is 86.8 cm³/mol. The number of carbonyl (C=O) groups is 1. The number of piperidine rings is 1. The zero-order valence-corrected chi connectivity index (χ0v) is 14.2. The second-order valence-electron chi connectivity index (χ2n) is 6.83. The van der Waals surface area contributed by atoms with Crippen molar-refractivity contribution in [3.8, 4) is 0 Å². The molecule has 0 spiro atoms. The van der Waals surface area contributed by atoms with Crippen LogP contribution in [0.15, 0.2) is 0 Å². The predicted octanol–water partition coefficient (Wildman–Crippen LogP) is 1.52. The summed E-state index contributed by atoms with van der Waals surface area (Å²) in [7, 11) is 1.68. The summed E-state index contributed by atoms with van der Waals surface area (Å²) in [6.45, 7) is 8.26. The fourth-order valence-electron chi connectivity index (χ4n) is 3.57. The van der Waals surface area contributed by atoms with Gasteiger partial charge in [-0.1, -0.05) is 6.92 Å². The Balaban J connectivity index is 1.65. The van der Waals surface area contributed by atoms with Crippen molar-refractivity contribution in [3.63, 3.8) is 0 Å². The van der Waals surface area contributed by atoms with Crippen molar-refractivity contribution in [2.45, 2.75) is 32.6 Å². The molecule has 5 nitrogen and oxygen atoms in total. The zero-order valence-electron chi connectivity index (χ0n) is 14.2. The Hall–Kier alpha value is -0.650. The molecule has 0 radical (unpaired) electrons. The number of ether oxygens (including phenoxy) is 2. The van der Waals surface area contributed by atoms with Gasteiger partial charge in [0.1, 0.15) is 0 Å². The van der Waals surface area contributed by atoms with E-state index in [2.05, 4.69) is 12.2 Å². The van der Waals surface area contributed by atoms with Crippen LogP contribution in [0.3, 0.4) is 0 Å². The summed E-state index contributed by atoms with van der Waals surface area (Å²) in [5.41, 5.74) is 0. The molecule has 1 N–H and O–H groups in total. The van der Waals surface area contributed by atoms with Crippen molar-refractivity contribution in [2.75, 3.05) is 53.1 Å². The summed E-state index contributed by atoms with van der Waals surface area (Å²) >= 11 is 0. The number of amides is 1. The molecular weight excluding hydrogens is 280 g/mol. The molecule has 2 aliphatic rings. The highest BCUT2D eigenvalue weighted by molar-refractivity contribution is 5.76. The van der Waals surface area contributed by atoms with E-state index in [9.17, 15) is 4.79 Å². The quantitative estimate of drug-likeness (QED) is 0.691. The Labute approximate surface area is 134 Å². The number of hydrogen-bond acceptors (Lipinski definition) is 4. The van der Waals surface area contributed by atoms with Crippen molar-refractivity contribution in [1.29, 1.82) is 0 Å². The molecule has 2 atom stereocenters. The van der Waals surface area contributed by atoms with Crippen LogP contribution in [0.1, 0.15) is 32.6 Å². The summed E-state index contributed by atoms with van der Waals surface area (Å²) in [6.07, 6.45) is 4.21. The molecule has 2 aliphatic heterocycles. The maximum absolute atomic E-state index is 12.5. The van der Waals surface area contributed by atoms with Crippen LogP contribution in [0.4, 0.5) is 0 Å². The molecule has 2 fully saturated rings. The number of likely N-dealkylation sites (tertiary alicyclic amines) is 1. The van der Waals surface area contributed by atoms with Gasteiger partial charge < -0.3 is 19.7 Å². The number of nitrogens with zero attached hydrogens (tertiary/aromatic N) is 1. The third kappa shape index (κ3) is 5.52. The molecule has 0 saturated carbocycles. The number of carbonyl (C=O) groups excluding carboxylic acids is 1. The Bertz CT molecular complexity index is 332. The van der Waals surface area contributed by atoms with Crippen LogP contribution in [0.25, 0.3) is 0 Å². The summed E-state index contributed by atoms with van der Waals surface area (Å²) in [6, 6.07) is 0. The topological polar surface area (TPSA) is 50.8 Å². The first-order chi connectivity index (χ1) is 10.7. The lowest BCUT2D eigenvalue weighted by Crippen LogP contribution is -2.35. The van der Waals surface area contributed by atoms with Gasteiger partial charge >= 0.3 is 0 Å². The monoisotopic (exact) mass is 312 g/mol. The molecule has 2 saturated heterocycles. The molecule has 0 aromatic rings. The summed E-state index contributed by atoms with van der Waals surface area (Å²) < 4.78 is 10.6. The number of methoxy groups -OCH3 is 1. The zero-order chi connectivity index (χ0) is 15.8. The number of rotatable bonds is 8. The van der Waals surface area contributed by atoms with Gasteiger partial charge in [0, 0.05) is 32.5 Å². The van der Waals surface area contributed by atoms with Gasteiger partial charge in [0.2, 0.25) is 5.91 Å². The molecule has 2 rings (SSSR count). The van der Waals surface area contributed by atoms with E-state index in [1.807, 2.05) is 4.90 Å². The van der Waals surface area contributed by atoms with Crippen LogP contribution in [0.2, 0.25) is 0 Å². The maximum Gasteiger partial charge on any atom is 0.222 e. The van der Waals surface area contributed by atoms with Crippen LogP contribution in [0, 0.1) is 17.8 Å². The molecule has 128 valence electrons. The second-order valence-corrected chi connectivity index (χ2v) is 6.83. The fraction of sp³-hybridized carbons (Fsp3) is 0.941. The fourth-order valence-corrected chi connectivity index (χ4v) is 3.57. The Kier molecular flexibility index (Phi) is 7.63. The standard InChI is InChI=1S/C17H32N2O3/c1-14(16-3-6-18-7-4-16)11-17(20)19-8-5-15(12-19)13-22-10-9-21-2/h14-16,18H,3-13H2,1-2H3. The molecule has 0 aromatic heterocycles. The number of nitrogens with one attached hydrogen (secondary N) is 1. The van der Waals surface area contributed by atoms with Crippen molar-refractivity contribution >= 4 is 5.91 Å². The van der Waals surface area contributed by atoms with Crippen molar-refractivity contribution in [2.24, 2.45) is 17.8 Å². The normalized spacial score (nSPS) is 24.6. The molecular formula is C17H32N2O3. The largest absolute Gasteiger partial charge is 0.382 e. The highest BCUT2D eigenvalue weighted by Gasteiger charge is 2.29. The van der Waals surface area contributed by atoms with E-state index < -0.39 is 0 Å². The molecule has 22 heavy (non-hydrogen) atoms. The van der Waals surface area contributed by atoms with Crippen molar-refractivity contribution in [1.82, 2.24) is 10.2 Å². The Morgan fingerprint density at radius 1 is 1.27 bits per heavy atom. The molecule has 0 bridgehead atoms. The maximum atomic E-state index is 12.5. The Morgan fingerprint density at radius 3 is 2.77 bits per heavy atom. The van der Waals surface area contributed by atoms with Crippen LogP contribution >= 0.6 is 0 Å². The minimum Gasteiger partial charge on any atom is -0.382 e. The van der Waals surface area contributed by atoms with E-state index in [4.69, 9.17) is 9.47 Å². The van der Waals surface area contributed by atoms with Gasteiger partial charge in [0.15, 0.2) is 0 Å². The minimum atomic E-state index is 0.338. The smallest absolute Gasteiger partial charge is 0.222 e. The van der Waals surface area contributed by atoms with Crippen LogP contribution in [-0.4, -0.2) is 63.9 Å². The first kappa shape index (κ1) is 17.7. The molecule has 2 heterocycles. The lowest BCUT2D eigenvalue weighted by Gasteiger charge is -2.29. The van der Waals surface area contributed by atoms with Crippen LogP contribution < -0.4 is 5.32 Å². The van der Waals surface area contributed by atoms with E-state index in [0.717, 1.165) is 39.2 Å².